The highest BCUT2D eigenvalue weighted by atomic mass is 32.2. The van der Waals surface area contributed by atoms with Crippen LogP contribution in [-0.4, -0.2) is 26.1 Å². The van der Waals surface area contributed by atoms with E-state index in [9.17, 15) is 13.2 Å². The molecule has 0 spiro atoms. The smallest absolute Gasteiger partial charge is 0.291 e. The van der Waals surface area contributed by atoms with Crippen molar-refractivity contribution in [2.45, 2.75) is 11.5 Å². The zero-order valence-corrected chi connectivity index (χ0v) is 19.0. The van der Waals surface area contributed by atoms with Gasteiger partial charge in [0.05, 0.1) is 4.90 Å². The first kappa shape index (κ1) is 21.8. The van der Waals surface area contributed by atoms with Crippen molar-refractivity contribution in [3.05, 3.63) is 77.7 Å². The zero-order valence-electron chi connectivity index (χ0n) is 17.4. The topological polar surface area (TPSA) is 129 Å². The van der Waals surface area contributed by atoms with Gasteiger partial charge in [0, 0.05) is 23.3 Å². The van der Waals surface area contributed by atoms with Gasteiger partial charge in [-0.3, -0.25) is 9.52 Å². The van der Waals surface area contributed by atoms with Crippen LogP contribution in [0.4, 0.5) is 10.8 Å². The molecule has 0 radical (unpaired) electrons. The van der Waals surface area contributed by atoms with E-state index in [2.05, 4.69) is 15.0 Å². The number of hydrogen-bond donors (Lipinski definition) is 2. The molecule has 0 unspecified atom stereocenters. The second-order valence-electron chi connectivity index (χ2n) is 6.99. The number of amides is 1. The van der Waals surface area contributed by atoms with Crippen molar-refractivity contribution in [3.63, 3.8) is 0 Å². The predicted molar refractivity (Wildman–Crippen MR) is 123 cm³/mol. The standard InChI is InChI=1S/C22H17N3O7S2/c26-21(24-14-1-5-17(6-2-14)34(27,28)25-22-23-9-10-33-22)19-8-4-16(32-19)12-29-15-3-7-18-20(11-15)31-13-30-18/h1-11H,12-13H2,(H,23,25)(H,24,26). The van der Waals surface area contributed by atoms with Gasteiger partial charge in [0.1, 0.15) is 18.1 Å². The normalized spacial score (nSPS) is 12.4. The number of fused-ring (bicyclic) bond motifs is 1. The van der Waals surface area contributed by atoms with Gasteiger partial charge in [-0.05, 0) is 48.5 Å². The zero-order chi connectivity index (χ0) is 23.5. The summed E-state index contributed by atoms with van der Waals surface area (Å²) in [5, 5.41) is 4.61. The second-order valence-corrected chi connectivity index (χ2v) is 9.57. The predicted octanol–water partition coefficient (Wildman–Crippen LogP) is 4.10. The number of carbonyl (C=O) groups is 1. The van der Waals surface area contributed by atoms with E-state index in [-0.39, 0.29) is 29.2 Å². The minimum atomic E-state index is -3.77. The van der Waals surface area contributed by atoms with Crippen molar-refractivity contribution in [2.75, 3.05) is 16.8 Å². The minimum Gasteiger partial charge on any atom is -0.486 e. The molecule has 0 atom stereocenters. The van der Waals surface area contributed by atoms with Crippen LogP contribution in [0, 0.1) is 0 Å². The number of furan rings is 1. The lowest BCUT2D eigenvalue weighted by atomic mass is 10.3. The molecule has 0 saturated heterocycles. The number of carbonyl (C=O) groups excluding carboxylic acids is 1. The van der Waals surface area contributed by atoms with Crippen LogP contribution in [-0.2, 0) is 16.6 Å². The molecule has 10 nitrogen and oxygen atoms in total. The molecule has 174 valence electrons. The molecule has 12 heteroatoms. The Morgan fingerprint density at radius 3 is 2.68 bits per heavy atom. The van der Waals surface area contributed by atoms with Gasteiger partial charge >= 0.3 is 0 Å². The molecule has 4 aromatic rings. The minimum absolute atomic E-state index is 0.0432. The number of anilines is 2. The third-order valence-electron chi connectivity index (χ3n) is 4.69. The molecule has 5 rings (SSSR count). The number of ether oxygens (including phenoxy) is 3. The Hall–Kier alpha value is -4.03. The highest BCUT2D eigenvalue weighted by Crippen LogP contribution is 2.35. The van der Waals surface area contributed by atoms with Crippen molar-refractivity contribution >= 4 is 38.1 Å². The van der Waals surface area contributed by atoms with Crippen molar-refractivity contribution in [2.24, 2.45) is 0 Å². The van der Waals surface area contributed by atoms with Gasteiger partial charge in [0.15, 0.2) is 22.4 Å². The molecular weight excluding hydrogens is 482 g/mol. The second kappa shape index (κ2) is 9.08. The van der Waals surface area contributed by atoms with Crippen LogP contribution in [0.15, 0.2) is 75.5 Å². The van der Waals surface area contributed by atoms with Gasteiger partial charge in [-0.25, -0.2) is 13.4 Å². The van der Waals surface area contributed by atoms with Crippen LogP contribution in [0.5, 0.6) is 17.2 Å². The fraction of sp³-hybridized carbons (Fsp3) is 0.0909. The van der Waals surface area contributed by atoms with Crippen LogP contribution in [0.2, 0.25) is 0 Å². The van der Waals surface area contributed by atoms with Crippen LogP contribution >= 0.6 is 11.3 Å². The van der Waals surface area contributed by atoms with E-state index >= 15 is 0 Å². The third-order valence-corrected chi connectivity index (χ3v) is 6.86. The number of sulfonamides is 1. The number of nitrogens with one attached hydrogen (secondary N) is 2. The molecule has 1 aliphatic heterocycles. The Bertz CT molecular complexity index is 1420. The molecular formula is C22H17N3O7S2. The molecule has 0 bridgehead atoms. The fourth-order valence-electron chi connectivity index (χ4n) is 3.06. The van der Waals surface area contributed by atoms with Gasteiger partial charge in [0.25, 0.3) is 15.9 Å². The Balaban J connectivity index is 1.18. The van der Waals surface area contributed by atoms with E-state index in [1.165, 1.54) is 47.9 Å². The summed E-state index contributed by atoms with van der Waals surface area (Å²) in [6.45, 7) is 0.295. The van der Waals surface area contributed by atoms with E-state index in [4.69, 9.17) is 18.6 Å². The average molecular weight is 500 g/mol. The first-order chi connectivity index (χ1) is 16.5. The lowest BCUT2D eigenvalue weighted by Gasteiger charge is -2.07. The quantitative estimate of drug-likeness (QED) is 0.371. The highest BCUT2D eigenvalue weighted by molar-refractivity contribution is 7.93. The van der Waals surface area contributed by atoms with Gasteiger partial charge in [-0.1, -0.05) is 0 Å². The number of benzene rings is 2. The maximum Gasteiger partial charge on any atom is 0.291 e. The molecule has 0 aliphatic carbocycles. The Morgan fingerprint density at radius 1 is 1.06 bits per heavy atom. The lowest BCUT2D eigenvalue weighted by Crippen LogP contribution is -2.13. The monoisotopic (exact) mass is 499 g/mol. The maximum absolute atomic E-state index is 12.5. The van der Waals surface area contributed by atoms with Crippen molar-refractivity contribution < 1.29 is 31.8 Å². The van der Waals surface area contributed by atoms with Crippen LogP contribution in [0.1, 0.15) is 16.3 Å². The molecule has 0 fully saturated rings. The highest BCUT2D eigenvalue weighted by Gasteiger charge is 2.17. The van der Waals surface area contributed by atoms with E-state index in [1.54, 1.807) is 29.6 Å². The number of rotatable bonds is 8. The summed E-state index contributed by atoms with van der Waals surface area (Å²) in [5.41, 5.74) is 0.410. The SMILES string of the molecule is O=C(Nc1ccc(S(=O)(=O)Nc2nccs2)cc1)c1ccc(COc2ccc3c(c2)OCO3)o1. The summed E-state index contributed by atoms with van der Waals surface area (Å²) in [6, 6.07) is 14.1. The van der Waals surface area contributed by atoms with Crippen LogP contribution < -0.4 is 24.2 Å². The fourth-order valence-corrected chi connectivity index (χ4v) is 4.85. The number of thiazole rings is 1. The van der Waals surface area contributed by atoms with E-state index in [0.717, 1.165) is 0 Å². The molecule has 0 saturated carbocycles. The Kier molecular flexibility index (Phi) is 5.82. The summed E-state index contributed by atoms with van der Waals surface area (Å²) in [7, 11) is -3.77. The molecule has 1 amide bonds. The lowest BCUT2D eigenvalue weighted by molar-refractivity contribution is 0.0992. The number of nitrogens with zero attached hydrogens (tertiary/aromatic N) is 1. The van der Waals surface area contributed by atoms with Gasteiger partial charge in [0.2, 0.25) is 6.79 Å². The maximum atomic E-state index is 12.5. The van der Waals surface area contributed by atoms with Crippen LogP contribution in [0.25, 0.3) is 0 Å². The first-order valence-electron chi connectivity index (χ1n) is 9.91. The number of hydrogen-bond acceptors (Lipinski definition) is 9. The number of aromatic nitrogens is 1. The van der Waals surface area contributed by atoms with Crippen molar-refractivity contribution in [3.8, 4) is 17.2 Å². The molecule has 2 aromatic heterocycles. The largest absolute Gasteiger partial charge is 0.486 e. The van der Waals surface area contributed by atoms with Crippen molar-refractivity contribution in [1.82, 2.24) is 4.98 Å². The third kappa shape index (κ3) is 4.82. The molecule has 34 heavy (non-hydrogen) atoms. The average Bonchev–Trinajstić information content (AvgIpc) is 3.59. The Labute approximate surface area is 198 Å². The van der Waals surface area contributed by atoms with Gasteiger partial charge in [-0.2, -0.15) is 0 Å². The van der Waals surface area contributed by atoms with Crippen LogP contribution in [0.3, 0.4) is 0 Å². The molecule has 2 N–H and O–H groups in total. The summed E-state index contributed by atoms with van der Waals surface area (Å²) in [4.78, 5) is 16.5. The van der Waals surface area contributed by atoms with Gasteiger partial charge < -0.3 is 23.9 Å². The molecule has 3 heterocycles. The van der Waals surface area contributed by atoms with Crippen molar-refractivity contribution in [1.29, 1.82) is 0 Å². The summed E-state index contributed by atoms with van der Waals surface area (Å²) in [6.07, 6.45) is 1.50. The summed E-state index contributed by atoms with van der Waals surface area (Å²) in [5.74, 6) is 1.90. The van der Waals surface area contributed by atoms with E-state index in [0.29, 0.717) is 28.7 Å². The molecule has 1 aliphatic rings. The summed E-state index contributed by atoms with van der Waals surface area (Å²) >= 11 is 1.17. The first-order valence-corrected chi connectivity index (χ1v) is 12.3. The van der Waals surface area contributed by atoms with E-state index < -0.39 is 15.9 Å². The van der Waals surface area contributed by atoms with E-state index in [1.807, 2.05) is 0 Å². The molecule has 2 aromatic carbocycles. The van der Waals surface area contributed by atoms with Gasteiger partial charge in [-0.15, -0.1) is 11.3 Å². The Morgan fingerprint density at radius 2 is 1.88 bits per heavy atom. The summed E-state index contributed by atoms with van der Waals surface area (Å²) < 4.78 is 49.0.